The van der Waals surface area contributed by atoms with Crippen LogP contribution in [0.15, 0.2) is 90.0 Å². The molecule has 2 fully saturated rings. The summed E-state index contributed by atoms with van der Waals surface area (Å²) in [6.07, 6.45) is 8.52. The molecular formula is C39H48Cl2Hf-2. The number of hydrogen-bond donors (Lipinski definition) is 0. The molecular weight excluding hydrogens is 718 g/mol. The molecule has 4 aliphatic carbocycles. The first-order valence-corrected chi connectivity index (χ1v) is 17.4. The quantitative estimate of drug-likeness (QED) is 0.258. The zero-order valence-electron chi connectivity index (χ0n) is 26.4. The summed E-state index contributed by atoms with van der Waals surface area (Å²) in [5.41, 5.74) is 10.1. The molecule has 5 unspecified atom stereocenters. The van der Waals surface area contributed by atoms with Crippen LogP contribution in [0.4, 0.5) is 0 Å². The van der Waals surface area contributed by atoms with E-state index in [4.69, 9.17) is 0 Å². The molecule has 0 bridgehead atoms. The van der Waals surface area contributed by atoms with Gasteiger partial charge in [-0.05, 0) is 30.6 Å². The summed E-state index contributed by atoms with van der Waals surface area (Å²) in [7, 11) is 0. The van der Waals surface area contributed by atoms with E-state index in [-0.39, 0.29) is 24.8 Å². The third-order valence-electron chi connectivity index (χ3n) is 10.9. The van der Waals surface area contributed by atoms with Gasteiger partial charge in [-0.25, -0.2) is 29.2 Å². The van der Waals surface area contributed by atoms with Gasteiger partial charge in [0, 0.05) is 0 Å². The maximum atomic E-state index is 2.51. The van der Waals surface area contributed by atoms with E-state index in [0.29, 0.717) is 5.41 Å². The van der Waals surface area contributed by atoms with Gasteiger partial charge < -0.3 is 24.8 Å². The Balaban J connectivity index is 0.000000237. The van der Waals surface area contributed by atoms with E-state index in [1.165, 1.54) is 76.8 Å². The van der Waals surface area contributed by atoms with Gasteiger partial charge in [0.25, 0.3) is 0 Å². The second kappa shape index (κ2) is 15.1. The van der Waals surface area contributed by atoms with Crippen LogP contribution in [0.3, 0.4) is 0 Å². The first-order valence-electron chi connectivity index (χ1n) is 15.6. The molecule has 2 saturated carbocycles. The largest absolute Gasteiger partial charge is 1.00 e. The Morgan fingerprint density at radius 2 is 1.52 bits per heavy atom. The maximum Gasteiger partial charge on any atom is -0.172 e. The van der Waals surface area contributed by atoms with Gasteiger partial charge in [-0.3, -0.25) is 0 Å². The zero-order chi connectivity index (χ0) is 28.4. The van der Waals surface area contributed by atoms with Crippen molar-refractivity contribution in [3.8, 4) is 0 Å². The van der Waals surface area contributed by atoms with Crippen LogP contribution in [0.5, 0.6) is 0 Å². The van der Waals surface area contributed by atoms with Crippen LogP contribution < -0.4 is 24.8 Å². The van der Waals surface area contributed by atoms with E-state index in [2.05, 4.69) is 90.1 Å². The molecule has 0 heterocycles. The van der Waals surface area contributed by atoms with Crippen LogP contribution in [-0.2, 0) is 30.3 Å². The zero-order valence-corrected chi connectivity index (χ0v) is 31.5. The Kier molecular flexibility index (Phi) is 12.7. The summed E-state index contributed by atoms with van der Waals surface area (Å²) in [5, 5.41) is 0. The number of fused-ring (bicyclic) bond motifs is 7. The van der Waals surface area contributed by atoms with Crippen LogP contribution in [0.25, 0.3) is 0 Å². The molecule has 42 heavy (non-hydrogen) atoms. The van der Waals surface area contributed by atoms with Gasteiger partial charge in [0.1, 0.15) is 0 Å². The number of hydrogen-bond acceptors (Lipinski definition) is 0. The van der Waals surface area contributed by atoms with Crippen molar-refractivity contribution < 1.29 is 48.7 Å². The molecule has 7 rings (SSSR count). The topological polar surface area (TPSA) is 0 Å². The van der Waals surface area contributed by atoms with Crippen molar-refractivity contribution >= 4 is 3.26 Å². The summed E-state index contributed by atoms with van der Waals surface area (Å²) in [6.45, 7) is 14.3. The summed E-state index contributed by atoms with van der Waals surface area (Å²) in [5.74, 6) is 6.00. The van der Waals surface area contributed by atoms with E-state index in [0.717, 1.165) is 29.6 Å². The SMILES string of the molecule is C[C-]1C2=C3Cc4ccccc4C3C3CCCCC3C2CC(C)C1(C)C.C[C](=[Hf+2])c1ccc(C)cc1.[Cl-].[Cl-].c1cc[cH-]c1. The Morgan fingerprint density at radius 3 is 2.12 bits per heavy atom. The van der Waals surface area contributed by atoms with Crippen molar-refractivity contribution in [2.24, 2.45) is 29.1 Å². The second-order valence-corrected chi connectivity index (χ2v) is 16.1. The summed E-state index contributed by atoms with van der Waals surface area (Å²) in [4.78, 5) is 0. The first kappa shape index (κ1) is 35.2. The minimum atomic E-state index is 0. The average Bonchev–Trinajstić information content (AvgIpc) is 3.65. The third-order valence-corrected chi connectivity index (χ3v) is 12.0. The number of rotatable bonds is 1. The van der Waals surface area contributed by atoms with Gasteiger partial charge in [-0.1, -0.05) is 99.1 Å². The first-order chi connectivity index (χ1) is 19.2. The smallest absolute Gasteiger partial charge is 0.172 e. The summed E-state index contributed by atoms with van der Waals surface area (Å²) >= 11 is 1.17. The molecule has 224 valence electrons. The van der Waals surface area contributed by atoms with Gasteiger partial charge in [-0.15, -0.1) is 6.92 Å². The van der Waals surface area contributed by atoms with Crippen molar-refractivity contribution in [2.45, 2.75) is 86.0 Å². The molecule has 5 atom stereocenters. The number of benzene rings is 2. The third kappa shape index (κ3) is 7.16. The van der Waals surface area contributed by atoms with Crippen LogP contribution >= 0.6 is 0 Å². The molecule has 0 spiro atoms. The van der Waals surface area contributed by atoms with Crippen LogP contribution in [-0.4, -0.2) is 3.26 Å². The molecule has 0 aliphatic heterocycles. The van der Waals surface area contributed by atoms with Gasteiger partial charge in [0.15, 0.2) is 0 Å². The minimum Gasteiger partial charge on any atom is -1.00 e. The van der Waals surface area contributed by atoms with E-state index >= 15 is 0 Å². The Morgan fingerprint density at radius 1 is 0.905 bits per heavy atom. The fourth-order valence-corrected chi connectivity index (χ4v) is 8.73. The average molecular weight is 766 g/mol. The van der Waals surface area contributed by atoms with Gasteiger partial charge in [0.2, 0.25) is 0 Å². The molecule has 0 N–H and O–H groups in total. The second-order valence-electron chi connectivity index (χ2n) is 13.4. The normalized spacial score (nSPS) is 26.3. The van der Waals surface area contributed by atoms with Crippen molar-refractivity contribution in [1.82, 2.24) is 0 Å². The Bertz CT molecular complexity index is 1300. The van der Waals surface area contributed by atoms with Crippen LogP contribution in [0.1, 0.15) is 94.9 Å². The van der Waals surface area contributed by atoms with Gasteiger partial charge in [-0.2, -0.15) is 18.2 Å². The Hall–Kier alpha value is -1.28. The predicted molar refractivity (Wildman–Crippen MR) is 168 cm³/mol. The number of halogens is 2. The van der Waals surface area contributed by atoms with E-state index in [9.17, 15) is 0 Å². The van der Waals surface area contributed by atoms with Crippen LogP contribution in [0, 0.1) is 41.9 Å². The molecule has 0 amide bonds. The summed E-state index contributed by atoms with van der Waals surface area (Å²) < 4.78 is 1.51. The van der Waals surface area contributed by atoms with Gasteiger partial charge in [0.05, 0.1) is 0 Å². The van der Waals surface area contributed by atoms with E-state index < -0.39 is 0 Å². The fraction of sp³-hybridized carbons (Fsp3) is 0.462. The van der Waals surface area contributed by atoms with E-state index in [1.807, 2.05) is 41.5 Å². The van der Waals surface area contributed by atoms with Crippen molar-refractivity contribution in [2.75, 3.05) is 0 Å². The maximum absolute atomic E-state index is 2.51. The molecule has 0 nitrogen and oxygen atoms in total. The van der Waals surface area contributed by atoms with Crippen molar-refractivity contribution in [3.63, 3.8) is 0 Å². The molecule has 0 radical (unpaired) electrons. The fourth-order valence-electron chi connectivity index (χ4n) is 8.14. The predicted octanol–water partition coefficient (Wildman–Crippen LogP) is 4.22. The number of aryl methyl sites for hydroxylation is 1. The van der Waals surface area contributed by atoms with Gasteiger partial charge >= 0.3 is 76.4 Å². The molecule has 3 heteroatoms. The molecule has 0 saturated heterocycles. The molecule has 0 aromatic heterocycles. The Labute approximate surface area is 283 Å². The minimum absolute atomic E-state index is 0. The standard InChI is InChI=1S/C25H33.C9H10.C5H5.2ClH.Hf/c1-15-13-21-19-11-7-8-12-20(19)24-18-10-6-5-9-17(18)14-22(24)23(21)16(2)25(15,3)4;1-3-9-6-4-8(2)5-7-9;1-2-4-5-3-1;;;/h5-6,9-10,15,19-21,24H,7-8,11-14H2,1-4H3;4-7H,1-2H3;1-5H;2*1H;/q-1;;-1;;;+2/p-2. The molecule has 3 aromatic rings. The van der Waals surface area contributed by atoms with Crippen molar-refractivity contribution in [3.05, 3.63) is 118 Å². The molecule has 4 aliphatic rings. The summed E-state index contributed by atoms with van der Waals surface area (Å²) in [6, 6.07) is 28.1. The van der Waals surface area contributed by atoms with E-state index in [1.54, 1.807) is 17.0 Å². The van der Waals surface area contributed by atoms with Crippen molar-refractivity contribution in [1.29, 1.82) is 0 Å². The number of allylic oxidation sites excluding steroid dienone is 2. The van der Waals surface area contributed by atoms with Crippen LogP contribution in [0.2, 0.25) is 0 Å². The molecule has 3 aromatic carbocycles. The monoisotopic (exact) mass is 766 g/mol.